The minimum atomic E-state index is -1.88. The number of Topliss-reactive ketones (excluding diaryl/α,β-unsaturated/α-hetero) is 2. The number of carbonyl (C=O) groups is 6. The van der Waals surface area contributed by atoms with Crippen molar-refractivity contribution in [2.24, 2.45) is 10.8 Å². The van der Waals surface area contributed by atoms with Gasteiger partial charge in [-0.3, -0.25) is 28.8 Å². The number of ketones is 2. The number of ether oxygens (including phenoxy) is 3. The maximum atomic E-state index is 13.1. The Kier molecular flexibility index (Phi) is 27.1. The van der Waals surface area contributed by atoms with E-state index >= 15 is 0 Å². The molecule has 0 aromatic rings. The lowest BCUT2D eigenvalue weighted by molar-refractivity contribution is -0.161. The Bertz CT molecular complexity index is 2250. The van der Waals surface area contributed by atoms with Crippen molar-refractivity contribution < 1.29 is 73.6 Å². The Morgan fingerprint density at radius 1 is 0.634 bits per heavy atom. The summed E-state index contributed by atoms with van der Waals surface area (Å²) >= 11 is 0. The SMILES string of the molecule is C=C(C)/C=C/C1=C(C)C(=O)C(OC(=O)CCC(=O)O)CC1(C)C.C=C/C=C/C(C)=C/C=C/C=C(C)/C=C/C=C(C)/C=C/C1=C(C)C(=O)C(OC(=O)CCC(=O)OCC(O)C(O)C(O)C(O)CO)CC1(C)C. The van der Waals surface area contributed by atoms with Crippen molar-refractivity contribution in [2.45, 2.75) is 144 Å². The highest BCUT2D eigenvalue weighted by atomic mass is 16.6. The van der Waals surface area contributed by atoms with Crippen LogP contribution >= 0.6 is 0 Å². The van der Waals surface area contributed by atoms with E-state index in [1.165, 1.54) is 0 Å². The van der Waals surface area contributed by atoms with Crippen molar-refractivity contribution in [3.8, 4) is 0 Å². The van der Waals surface area contributed by atoms with E-state index in [1.54, 1.807) is 19.9 Å². The van der Waals surface area contributed by atoms with Crippen LogP contribution in [-0.2, 0) is 43.0 Å². The van der Waals surface area contributed by atoms with Crippen molar-refractivity contribution in [3.05, 3.63) is 143 Å². The number of aliphatic carboxylic acids is 1. The molecule has 0 aromatic heterocycles. The molecule has 71 heavy (non-hydrogen) atoms. The van der Waals surface area contributed by atoms with Crippen molar-refractivity contribution in [1.82, 2.24) is 0 Å². The molecule has 0 amide bonds. The Morgan fingerprint density at radius 3 is 1.49 bits per heavy atom. The quantitative estimate of drug-likeness (QED) is 0.0312. The zero-order valence-electron chi connectivity index (χ0n) is 43.0. The van der Waals surface area contributed by atoms with E-state index in [0.717, 1.165) is 33.4 Å². The van der Waals surface area contributed by atoms with E-state index in [-0.39, 0.29) is 42.7 Å². The number of hydrogen-bond donors (Lipinski definition) is 6. The van der Waals surface area contributed by atoms with Crippen LogP contribution < -0.4 is 0 Å². The molecule has 6 atom stereocenters. The van der Waals surface area contributed by atoms with E-state index in [4.69, 9.17) is 24.4 Å². The third-order valence-corrected chi connectivity index (χ3v) is 11.4. The smallest absolute Gasteiger partial charge is 0.307 e. The summed E-state index contributed by atoms with van der Waals surface area (Å²) in [6, 6.07) is 0. The molecule has 15 nitrogen and oxygen atoms in total. The lowest BCUT2D eigenvalue weighted by Crippen LogP contribution is -2.47. The van der Waals surface area contributed by atoms with Gasteiger partial charge in [-0.2, -0.15) is 0 Å². The van der Waals surface area contributed by atoms with Gasteiger partial charge in [0.15, 0.2) is 23.8 Å². The molecule has 0 aliphatic heterocycles. The predicted molar refractivity (Wildman–Crippen MR) is 272 cm³/mol. The number of aliphatic hydroxyl groups excluding tert-OH is 5. The highest BCUT2D eigenvalue weighted by molar-refractivity contribution is 6.02. The summed E-state index contributed by atoms with van der Waals surface area (Å²) < 4.78 is 15.5. The van der Waals surface area contributed by atoms with Crippen molar-refractivity contribution in [1.29, 1.82) is 0 Å². The maximum Gasteiger partial charge on any atom is 0.307 e. The third kappa shape index (κ3) is 22.7. The topological polar surface area (TPSA) is 251 Å². The molecular weight excluding hydrogens is 913 g/mol. The second-order valence-electron chi connectivity index (χ2n) is 18.9. The molecule has 6 unspecified atom stereocenters. The Morgan fingerprint density at radius 2 is 1.04 bits per heavy atom. The molecule has 15 heteroatoms. The van der Waals surface area contributed by atoms with Gasteiger partial charge in [0.2, 0.25) is 0 Å². The van der Waals surface area contributed by atoms with Gasteiger partial charge in [0.25, 0.3) is 0 Å². The molecule has 0 fully saturated rings. The molecule has 0 aromatic carbocycles. The largest absolute Gasteiger partial charge is 0.481 e. The number of carbonyl (C=O) groups excluding carboxylic acids is 5. The van der Waals surface area contributed by atoms with Crippen molar-refractivity contribution >= 4 is 35.4 Å². The zero-order valence-corrected chi connectivity index (χ0v) is 43.0. The molecule has 0 saturated heterocycles. The van der Waals surface area contributed by atoms with Crippen molar-refractivity contribution in [2.75, 3.05) is 13.2 Å². The van der Waals surface area contributed by atoms with Gasteiger partial charge < -0.3 is 44.8 Å². The lowest BCUT2D eigenvalue weighted by atomic mass is 9.71. The van der Waals surface area contributed by atoms with Gasteiger partial charge in [-0.25, -0.2) is 0 Å². The Hall–Kier alpha value is -6.10. The summed E-state index contributed by atoms with van der Waals surface area (Å²) in [6.07, 6.45) is 17.4. The molecule has 2 rings (SSSR count). The highest BCUT2D eigenvalue weighted by Gasteiger charge is 2.41. The Balaban J connectivity index is 0.000000911. The van der Waals surface area contributed by atoms with Crippen LogP contribution in [0.2, 0.25) is 0 Å². The first kappa shape index (κ1) is 62.9. The monoisotopic (exact) mass is 989 g/mol. The fourth-order valence-corrected chi connectivity index (χ4v) is 7.34. The van der Waals surface area contributed by atoms with Crippen LogP contribution in [0.4, 0.5) is 0 Å². The van der Waals surface area contributed by atoms with Crippen LogP contribution in [0, 0.1) is 10.8 Å². The number of allylic oxidation sites excluding steroid dienone is 20. The summed E-state index contributed by atoms with van der Waals surface area (Å²) in [5, 5.41) is 56.1. The minimum Gasteiger partial charge on any atom is -0.481 e. The van der Waals surface area contributed by atoms with E-state index in [9.17, 15) is 49.2 Å². The summed E-state index contributed by atoms with van der Waals surface area (Å²) in [6.45, 7) is 25.1. The van der Waals surface area contributed by atoms with Crippen molar-refractivity contribution in [3.63, 3.8) is 0 Å². The second kappa shape index (κ2) is 30.6. The molecule has 6 N–H and O–H groups in total. The number of esters is 3. The van der Waals surface area contributed by atoms with Gasteiger partial charge in [-0.05, 0) is 74.7 Å². The molecule has 0 saturated carbocycles. The summed E-state index contributed by atoms with van der Waals surface area (Å²) in [5.41, 5.74) is 6.04. The molecule has 2 aliphatic rings. The van der Waals surface area contributed by atoms with Crippen LogP contribution in [0.15, 0.2) is 143 Å². The summed E-state index contributed by atoms with van der Waals surface area (Å²) in [4.78, 5) is 72.3. The van der Waals surface area contributed by atoms with Gasteiger partial charge in [0, 0.05) is 12.8 Å². The number of hydrogen-bond acceptors (Lipinski definition) is 14. The fraction of sp³-hybridized carbons (Fsp3) is 0.464. The van der Waals surface area contributed by atoms with Gasteiger partial charge in [-0.15, -0.1) is 0 Å². The van der Waals surface area contributed by atoms with Crippen LogP contribution in [0.3, 0.4) is 0 Å². The molecule has 0 heterocycles. The lowest BCUT2D eigenvalue weighted by Gasteiger charge is -2.36. The normalized spacial score (nSPS) is 20.6. The standard InChI is InChI=1S/C38H52O10.C18H24O5/c1-8-9-13-25(2)14-10-11-15-26(3)16-12-17-27(4)18-19-29-28(5)35(44)32(22-38(29,6)7)48-34(43)21-20-33(42)47-24-31(41)37(46)36(45)30(40)23-39;1-11(2)6-7-13-12(3)17(22)14(10-18(13,4)5)23-16(21)9-8-15(19)20/h8-19,30-32,36-37,39-41,45-46H,1,20-24H2,2-7H3;6-7,14H,1,8-10H2,2-5H3,(H,19,20)/b11-10+,13-9+,16-12+,19-18+,25-14+,26-15+,27-17+;7-6+. The number of carboxylic acids is 1. The molecule has 2 aliphatic carbocycles. The van der Waals surface area contributed by atoms with Crippen LogP contribution in [0.1, 0.15) is 108 Å². The summed E-state index contributed by atoms with van der Waals surface area (Å²) in [5.74, 6) is -3.92. The number of carboxylic acid groups (broad SMARTS) is 1. The first-order chi connectivity index (χ1) is 33.1. The molecule has 390 valence electrons. The average molecular weight is 989 g/mol. The average Bonchev–Trinajstić information content (AvgIpc) is 3.29. The number of aliphatic hydroxyl groups is 5. The molecule has 0 radical (unpaired) electrons. The van der Waals surface area contributed by atoms with E-state index < -0.39 is 85.6 Å². The predicted octanol–water partition coefficient (Wildman–Crippen LogP) is 7.43. The summed E-state index contributed by atoms with van der Waals surface area (Å²) in [7, 11) is 0. The highest BCUT2D eigenvalue weighted by Crippen LogP contribution is 2.42. The van der Waals surface area contributed by atoms with E-state index in [1.807, 2.05) is 134 Å². The van der Waals surface area contributed by atoms with Crippen LogP contribution in [0.5, 0.6) is 0 Å². The first-order valence-electron chi connectivity index (χ1n) is 23.4. The Labute approximate surface area is 419 Å². The number of rotatable bonds is 24. The van der Waals surface area contributed by atoms with E-state index in [0.29, 0.717) is 17.6 Å². The minimum absolute atomic E-state index is 0.227. The molecule has 0 spiro atoms. The van der Waals surface area contributed by atoms with Gasteiger partial charge >= 0.3 is 23.9 Å². The molecular formula is C56H76O15. The third-order valence-electron chi connectivity index (χ3n) is 11.4. The van der Waals surface area contributed by atoms with Gasteiger partial charge in [0.05, 0.1) is 32.3 Å². The fourth-order valence-electron chi connectivity index (χ4n) is 7.34. The van der Waals surface area contributed by atoms with Crippen LogP contribution in [-0.4, -0.2) is 116 Å². The first-order valence-corrected chi connectivity index (χ1v) is 23.4. The van der Waals surface area contributed by atoms with Gasteiger partial charge in [-0.1, -0.05) is 148 Å². The van der Waals surface area contributed by atoms with Gasteiger partial charge in [0.1, 0.15) is 31.0 Å². The zero-order chi connectivity index (χ0) is 54.2. The maximum absolute atomic E-state index is 13.1. The second-order valence-corrected chi connectivity index (χ2v) is 18.9. The van der Waals surface area contributed by atoms with Crippen LogP contribution in [0.25, 0.3) is 0 Å². The molecule has 0 bridgehead atoms. The van der Waals surface area contributed by atoms with E-state index in [2.05, 4.69) is 13.2 Å².